The van der Waals surface area contributed by atoms with Crippen LogP contribution in [0, 0.1) is 11.3 Å². The third-order valence-corrected chi connectivity index (χ3v) is 5.54. The lowest BCUT2D eigenvalue weighted by Crippen LogP contribution is -2.60. The molecule has 1 saturated heterocycles. The van der Waals surface area contributed by atoms with Gasteiger partial charge in [0.25, 0.3) is 0 Å². The van der Waals surface area contributed by atoms with Crippen molar-refractivity contribution in [2.45, 2.75) is 71.9 Å². The molecular formula is C16H32N2. The lowest BCUT2D eigenvalue weighted by atomic mass is 9.66. The first-order valence-electron chi connectivity index (χ1n) is 8.07. The third kappa shape index (κ3) is 2.91. The summed E-state index contributed by atoms with van der Waals surface area (Å²) in [6, 6.07) is 1.46. The van der Waals surface area contributed by atoms with E-state index in [0.29, 0.717) is 11.5 Å². The van der Waals surface area contributed by atoms with Crippen LogP contribution in [0.4, 0.5) is 0 Å². The molecule has 1 N–H and O–H groups in total. The fourth-order valence-corrected chi connectivity index (χ4v) is 3.66. The van der Waals surface area contributed by atoms with Crippen LogP contribution in [-0.4, -0.2) is 36.6 Å². The molecule has 2 unspecified atom stereocenters. The second-order valence-electron chi connectivity index (χ2n) is 6.96. The standard InChI is InChI=1S/C16H32N2/c1-5-14-10-17-15(13(3)4)11-18(14)12-16(6-2)8-7-9-16/h13-15,17H,5-12H2,1-4H3. The Morgan fingerprint density at radius 2 is 2.00 bits per heavy atom. The van der Waals surface area contributed by atoms with Crippen LogP contribution in [0.25, 0.3) is 0 Å². The molecule has 2 rings (SSSR count). The Hall–Kier alpha value is -0.0800. The van der Waals surface area contributed by atoms with E-state index in [4.69, 9.17) is 0 Å². The van der Waals surface area contributed by atoms with Gasteiger partial charge in [-0.2, -0.15) is 0 Å². The van der Waals surface area contributed by atoms with E-state index in [9.17, 15) is 0 Å². The van der Waals surface area contributed by atoms with Crippen LogP contribution >= 0.6 is 0 Å². The molecule has 1 aliphatic heterocycles. The first-order valence-corrected chi connectivity index (χ1v) is 8.07. The second kappa shape index (κ2) is 5.92. The molecular weight excluding hydrogens is 220 g/mol. The Labute approximate surface area is 114 Å². The zero-order valence-corrected chi connectivity index (χ0v) is 12.8. The van der Waals surface area contributed by atoms with Crippen molar-refractivity contribution in [3.05, 3.63) is 0 Å². The molecule has 106 valence electrons. The number of nitrogens with zero attached hydrogens (tertiary/aromatic N) is 1. The maximum atomic E-state index is 3.75. The minimum atomic E-state index is 0.673. The van der Waals surface area contributed by atoms with Gasteiger partial charge in [-0.3, -0.25) is 4.90 Å². The van der Waals surface area contributed by atoms with Crippen molar-refractivity contribution < 1.29 is 0 Å². The van der Waals surface area contributed by atoms with Gasteiger partial charge in [0.15, 0.2) is 0 Å². The highest BCUT2D eigenvalue weighted by Gasteiger charge is 2.39. The summed E-state index contributed by atoms with van der Waals surface area (Å²) < 4.78 is 0. The molecule has 2 aliphatic rings. The molecule has 2 atom stereocenters. The molecule has 1 aliphatic carbocycles. The molecule has 0 aromatic carbocycles. The summed E-state index contributed by atoms with van der Waals surface area (Å²) in [7, 11) is 0. The van der Waals surface area contributed by atoms with Crippen molar-refractivity contribution in [3.8, 4) is 0 Å². The summed E-state index contributed by atoms with van der Waals surface area (Å²) in [6.45, 7) is 13.2. The van der Waals surface area contributed by atoms with Crippen LogP contribution < -0.4 is 5.32 Å². The molecule has 2 nitrogen and oxygen atoms in total. The van der Waals surface area contributed by atoms with Gasteiger partial charge in [-0.05, 0) is 37.0 Å². The second-order valence-corrected chi connectivity index (χ2v) is 6.96. The smallest absolute Gasteiger partial charge is 0.0219 e. The number of hydrogen-bond donors (Lipinski definition) is 1. The summed E-state index contributed by atoms with van der Waals surface area (Å²) in [4.78, 5) is 2.81. The van der Waals surface area contributed by atoms with E-state index in [1.807, 2.05) is 0 Å². The van der Waals surface area contributed by atoms with E-state index in [-0.39, 0.29) is 0 Å². The lowest BCUT2D eigenvalue weighted by Gasteiger charge is -2.50. The minimum Gasteiger partial charge on any atom is -0.311 e. The van der Waals surface area contributed by atoms with Crippen molar-refractivity contribution in [1.82, 2.24) is 10.2 Å². The van der Waals surface area contributed by atoms with Crippen molar-refractivity contribution in [1.29, 1.82) is 0 Å². The highest BCUT2D eigenvalue weighted by Crippen LogP contribution is 2.44. The fourth-order valence-electron chi connectivity index (χ4n) is 3.66. The molecule has 0 aromatic rings. The number of nitrogens with one attached hydrogen (secondary N) is 1. The normalized spacial score (nSPS) is 32.5. The molecule has 1 heterocycles. The SMILES string of the molecule is CCC1CNC(C(C)C)CN1CC1(CC)CCC1. The molecule has 0 bridgehead atoms. The topological polar surface area (TPSA) is 15.3 Å². The number of rotatable bonds is 5. The predicted octanol–water partition coefficient (Wildman–Crippen LogP) is 3.28. The Morgan fingerprint density at radius 3 is 2.44 bits per heavy atom. The highest BCUT2D eigenvalue weighted by atomic mass is 15.2. The van der Waals surface area contributed by atoms with Gasteiger partial charge >= 0.3 is 0 Å². The zero-order chi connectivity index (χ0) is 13.2. The van der Waals surface area contributed by atoms with Crippen LogP contribution in [0.3, 0.4) is 0 Å². The predicted molar refractivity (Wildman–Crippen MR) is 78.9 cm³/mol. The van der Waals surface area contributed by atoms with Crippen LogP contribution in [0.2, 0.25) is 0 Å². The monoisotopic (exact) mass is 252 g/mol. The van der Waals surface area contributed by atoms with Gasteiger partial charge in [0.1, 0.15) is 0 Å². The van der Waals surface area contributed by atoms with Crippen LogP contribution in [-0.2, 0) is 0 Å². The minimum absolute atomic E-state index is 0.673. The average Bonchev–Trinajstić information content (AvgIpc) is 2.33. The molecule has 2 heteroatoms. The number of piperazine rings is 1. The third-order valence-electron chi connectivity index (χ3n) is 5.54. The van der Waals surface area contributed by atoms with Gasteiger partial charge < -0.3 is 5.32 Å². The highest BCUT2D eigenvalue weighted by molar-refractivity contribution is 4.94. The Kier molecular flexibility index (Phi) is 4.71. The molecule has 0 amide bonds. The van der Waals surface area contributed by atoms with E-state index in [1.165, 1.54) is 51.7 Å². The van der Waals surface area contributed by atoms with E-state index in [1.54, 1.807) is 0 Å². The van der Waals surface area contributed by atoms with Gasteiger partial charge in [-0.1, -0.05) is 34.1 Å². The summed E-state index contributed by atoms with van der Waals surface area (Å²) in [6.07, 6.45) is 7.06. The van der Waals surface area contributed by atoms with Crippen LogP contribution in [0.5, 0.6) is 0 Å². The van der Waals surface area contributed by atoms with Gasteiger partial charge in [-0.25, -0.2) is 0 Å². The van der Waals surface area contributed by atoms with Crippen molar-refractivity contribution in [2.24, 2.45) is 11.3 Å². The molecule has 1 saturated carbocycles. The lowest BCUT2D eigenvalue weighted by molar-refractivity contribution is 0.0148. The van der Waals surface area contributed by atoms with E-state index >= 15 is 0 Å². The first-order chi connectivity index (χ1) is 8.60. The van der Waals surface area contributed by atoms with Crippen LogP contribution in [0.15, 0.2) is 0 Å². The average molecular weight is 252 g/mol. The van der Waals surface area contributed by atoms with Crippen molar-refractivity contribution >= 4 is 0 Å². The maximum Gasteiger partial charge on any atom is 0.0219 e. The van der Waals surface area contributed by atoms with E-state index < -0.39 is 0 Å². The van der Waals surface area contributed by atoms with Crippen LogP contribution in [0.1, 0.15) is 59.8 Å². The Bertz CT molecular complexity index is 252. The van der Waals surface area contributed by atoms with E-state index in [2.05, 4.69) is 37.9 Å². The summed E-state index contributed by atoms with van der Waals surface area (Å²) >= 11 is 0. The summed E-state index contributed by atoms with van der Waals surface area (Å²) in [5.74, 6) is 0.754. The molecule has 0 aromatic heterocycles. The van der Waals surface area contributed by atoms with Crippen molar-refractivity contribution in [2.75, 3.05) is 19.6 Å². The zero-order valence-electron chi connectivity index (χ0n) is 12.8. The van der Waals surface area contributed by atoms with Gasteiger partial charge in [0, 0.05) is 31.7 Å². The Balaban J connectivity index is 1.97. The quantitative estimate of drug-likeness (QED) is 0.808. The molecule has 0 spiro atoms. The first kappa shape index (κ1) is 14.3. The van der Waals surface area contributed by atoms with Gasteiger partial charge in [0.2, 0.25) is 0 Å². The number of hydrogen-bond acceptors (Lipinski definition) is 2. The maximum absolute atomic E-state index is 3.75. The van der Waals surface area contributed by atoms with Gasteiger partial charge in [-0.15, -0.1) is 0 Å². The van der Waals surface area contributed by atoms with E-state index in [0.717, 1.165) is 12.0 Å². The van der Waals surface area contributed by atoms with Crippen molar-refractivity contribution in [3.63, 3.8) is 0 Å². The largest absolute Gasteiger partial charge is 0.311 e. The Morgan fingerprint density at radius 1 is 1.28 bits per heavy atom. The summed E-state index contributed by atoms with van der Waals surface area (Å²) in [5, 5.41) is 3.75. The molecule has 2 fully saturated rings. The fraction of sp³-hybridized carbons (Fsp3) is 1.00. The summed E-state index contributed by atoms with van der Waals surface area (Å²) in [5.41, 5.74) is 0.673. The van der Waals surface area contributed by atoms with Gasteiger partial charge in [0.05, 0.1) is 0 Å². The molecule has 18 heavy (non-hydrogen) atoms. The molecule has 0 radical (unpaired) electrons.